The molecular weight excluding hydrogens is 340 g/mol. The number of rotatable bonds is 4. The molecule has 1 saturated heterocycles. The summed E-state index contributed by atoms with van der Waals surface area (Å²) in [5, 5.41) is 9.54. The molecule has 0 amide bonds. The van der Waals surface area contributed by atoms with Crippen molar-refractivity contribution in [2.75, 3.05) is 18.0 Å². The first kappa shape index (κ1) is 16.1. The highest BCUT2D eigenvalue weighted by molar-refractivity contribution is 5.78. The average Bonchev–Trinajstić information content (AvgIpc) is 3.32. The van der Waals surface area contributed by atoms with Crippen LogP contribution in [0.1, 0.15) is 12.0 Å². The highest BCUT2D eigenvalue weighted by Gasteiger charge is 2.21. The van der Waals surface area contributed by atoms with Crippen molar-refractivity contribution < 1.29 is 0 Å². The Labute approximate surface area is 156 Å². The molecule has 8 heteroatoms. The molecule has 0 spiro atoms. The molecule has 1 aliphatic heterocycles. The van der Waals surface area contributed by atoms with Crippen LogP contribution in [0.3, 0.4) is 0 Å². The van der Waals surface area contributed by atoms with E-state index in [-0.39, 0.29) is 6.04 Å². The SMILES string of the molecule is N[C@@H]1CCN(c2cnc3nnn(CCc4ccc5ncccc5c4)c3n2)C1. The van der Waals surface area contributed by atoms with E-state index in [2.05, 4.69) is 49.4 Å². The van der Waals surface area contributed by atoms with Gasteiger partial charge >= 0.3 is 0 Å². The van der Waals surface area contributed by atoms with Crippen molar-refractivity contribution in [2.24, 2.45) is 5.73 Å². The fourth-order valence-corrected chi connectivity index (χ4v) is 3.56. The van der Waals surface area contributed by atoms with Crippen molar-refractivity contribution in [3.05, 3.63) is 48.3 Å². The quantitative estimate of drug-likeness (QED) is 0.589. The van der Waals surface area contributed by atoms with Crippen LogP contribution in [-0.2, 0) is 13.0 Å². The predicted molar refractivity (Wildman–Crippen MR) is 103 cm³/mol. The second-order valence-corrected chi connectivity index (χ2v) is 6.96. The van der Waals surface area contributed by atoms with Crippen molar-refractivity contribution in [3.8, 4) is 0 Å². The lowest BCUT2D eigenvalue weighted by molar-refractivity contribution is 0.602. The van der Waals surface area contributed by atoms with E-state index in [1.807, 2.05) is 16.9 Å². The molecule has 0 radical (unpaired) electrons. The van der Waals surface area contributed by atoms with Crippen LogP contribution in [0.5, 0.6) is 0 Å². The first-order chi connectivity index (χ1) is 13.3. The van der Waals surface area contributed by atoms with Crippen LogP contribution < -0.4 is 10.6 Å². The van der Waals surface area contributed by atoms with Gasteiger partial charge in [0.05, 0.1) is 11.7 Å². The minimum Gasteiger partial charge on any atom is -0.354 e. The van der Waals surface area contributed by atoms with E-state index in [1.165, 1.54) is 5.56 Å². The smallest absolute Gasteiger partial charge is 0.221 e. The van der Waals surface area contributed by atoms with E-state index in [9.17, 15) is 0 Å². The molecule has 3 aromatic heterocycles. The predicted octanol–water partition coefficient (Wildman–Crippen LogP) is 1.55. The molecule has 1 aromatic carbocycles. The summed E-state index contributed by atoms with van der Waals surface area (Å²) in [6.07, 6.45) is 5.39. The normalized spacial score (nSPS) is 17.2. The van der Waals surface area contributed by atoms with Crippen LogP contribution in [0.2, 0.25) is 0 Å². The molecule has 5 rings (SSSR count). The first-order valence-corrected chi connectivity index (χ1v) is 9.17. The van der Waals surface area contributed by atoms with Crippen LogP contribution in [-0.4, -0.2) is 49.1 Å². The van der Waals surface area contributed by atoms with Gasteiger partial charge in [0, 0.05) is 37.3 Å². The number of nitrogens with two attached hydrogens (primary N) is 1. The van der Waals surface area contributed by atoms with Gasteiger partial charge < -0.3 is 10.6 Å². The molecule has 4 heterocycles. The number of fused-ring (bicyclic) bond motifs is 2. The number of aryl methyl sites for hydroxylation is 2. The molecule has 1 atom stereocenters. The maximum absolute atomic E-state index is 6.01. The largest absolute Gasteiger partial charge is 0.354 e. The Balaban J connectivity index is 1.39. The zero-order valence-corrected chi connectivity index (χ0v) is 14.9. The molecule has 1 fully saturated rings. The summed E-state index contributed by atoms with van der Waals surface area (Å²) in [5.74, 6) is 0.843. The highest BCUT2D eigenvalue weighted by atomic mass is 15.5. The van der Waals surface area contributed by atoms with Gasteiger partial charge in [0.1, 0.15) is 5.82 Å². The average molecular weight is 360 g/mol. The molecule has 0 aliphatic carbocycles. The fraction of sp³-hybridized carbons (Fsp3) is 0.316. The first-order valence-electron chi connectivity index (χ1n) is 9.17. The molecule has 0 saturated carbocycles. The van der Waals surface area contributed by atoms with Gasteiger partial charge in [0.2, 0.25) is 5.65 Å². The molecule has 2 N–H and O–H groups in total. The number of nitrogens with zero attached hydrogens (tertiary/aromatic N) is 7. The van der Waals surface area contributed by atoms with Crippen LogP contribution in [0, 0.1) is 0 Å². The summed E-state index contributed by atoms with van der Waals surface area (Å²) in [6.45, 7) is 2.42. The summed E-state index contributed by atoms with van der Waals surface area (Å²) in [7, 11) is 0. The zero-order chi connectivity index (χ0) is 18.2. The summed E-state index contributed by atoms with van der Waals surface area (Å²) >= 11 is 0. The van der Waals surface area contributed by atoms with Crippen molar-refractivity contribution in [1.29, 1.82) is 0 Å². The van der Waals surface area contributed by atoms with Crippen LogP contribution >= 0.6 is 0 Å². The number of hydrogen-bond donors (Lipinski definition) is 1. The van der Waals surface area contributed by atoms with Gasteiger partial charge in [-0.25, -0.2) is 14.6 Å². The van der Waals surface area contributed by atoms with Gasteiger partial charge in [0.25, 0.3) is 0 Å². The molecule has 8 nitrogen and oxygen atoms in total. The van der Waals surface area contributed by atoms with E-state index in [4.69, 9.17) is 10.7 Å². The molecule has 0 bridgehead atoms. The Morgan fingerprint density at radius 2 is 2.15 bits per heavy atom. The number of hydrogen-bond acceptors (Lipinski definition) is 7. The van der Waals surface area contributed by atoms with E-state index in [0.717, 1.165) is 48.3 Å². The summed E-state index contributed by atoms with van der Waals surface area (Å²) in [5.41, 5.74) is 9.54. The third kappa shape index (κ3) is 3.08. The van der Waals surface area contributed by atoms with Crippen LogP contribution in [0.15, 0.2) is 42.7 Å². The maximum atomic E-state index is 6.01. The number of anilines is 1. The van der Waals surface area contributed by atoms with Crippen LogP contribution in [0.4, 0.5) is 5.82 Å². The van der Waals surface area contributed by atoms with Crippen molar-refractivity contribution >= 4 is 28.0 Å². The zero-order valence-electron chi connectivity index (χ0n) is 14.9. The van der Waals surface area contributed by atoms with Crippen molar-refractivity contribution in [1.82, 2.24) is 29.9 Å². The van der Waals surface area contributed by atoms with Crippen molar-refractivity contribution in [2.45, 2.75) is 25.4 Å². The van der Waals surface area contributed by atoms with Crippen molar-refractivity contribution in [3.63, 3.8) is 0 Å². The Hall–Kier alpha value is -3.13. The lowest BCUT2D eigenvalue weighted by Gasteiger charge is -2.16. The Morgan fingerprint density at radius 3 is 3.04 bits per heavy atom. The minimum absolute atomic E-state index is 0.202. The van der Waals surface area contributed by atoms with Gasteiger partial charge in [-0.3, -0.25) is 4.98 Å². The minimum atomic E-state index is 0.202. The molecular formula is C19H20N8. The third-order valence-electron chi connectivity index (χ3n) is 5.04. The summed E-state index contributed by atoms with van der Waals surface area (Å²) < 4.78 is 1.83. The van der Waals surface area contributed by atoms with Gasteiger partial charge in [-0.1, -0.05) is 17.3 Å². The Kier molecular flexibility index (Phi) is 3.90. The van der Waals surface area contributed by atoms with Gasteiger partial charge in [-0.15, -0.1) is 5.10 Å². The standard InChI is InChI=1S/C19H20N8/c20-15-6-8-26(12-15)17-11-22-18-19(23-17)27(25-24-18)9-5-13-3-4-16-14(10-13)2-1-7-21-16/h1-4,7,10-11,15H,5-6,8-9,12,20H2/t15-/m1/s1. The summed E-state index contributed by atoms with van der Waals surface area (Å²) in [4.78, 5) is 15.7. The topological polar surface area (TPSA) is 98.6 Å². The second kappa shape index (κ2) is 6.55. The maximum Gasteiger partial charge on any atom is 0.221 e. The number of pyridine rings is 1. The highest BCUT2D eigenvalue weighted by Crippen LogP contribution is 2.19. The van der Waals surface area contributed by atoms with Gasteiger partial charge in [-0.05, 0) is 36.6 Å². The van der Waals surface area contributed by atoms with Gasteiger partial charge in [0.15, 0.2) is 5.65 Å². The summed E-state index contributed by atoms with van der Waals surface area (Å²) in [6, 6.07) is 10.6. The number of benzene rings is 1. The second-order valence-electron chi connectivity index (χ2n) is 6.96. The molecule has 27 heavy (non-hydrogen) atoms. The lowest BCUT2D eigenvalue weighted by Crippen LogP contribution is -2.27. The molecule has 136 valence electrons. The molecule has 0 unspecified atom stereocenters. The van der Waals surface area contributed by atoms with E-state index in [0.29, 0.717) is 12.2 Å². The van der Waals surface area contributed by atoms with Crippen LogP contribution in [0.25, 0.3) is 22.2 Å². The van der Waals surface area contributed by atoms with E-state index >= 15 is 0 Å². The fourth-order valence-electron chi connectivity index (χ4n) is 3.56. The Morgan fingerprint density at radius 1 is 1.19 bits per heavy atom. The third-order valence-corrected chi connectivity index (χ3v) is 5.04. The Bertz CT molecular complexity index is 1110. The monoisotopic (exact) mass is 360 g/mol. The van der Waals surface area contributed by atoms with E-state index < -0.39 is 0 Å². The molecule has 1 aliphatic rings. The molecule has 4 aromatic rings. The van der Waals surface area contributed by atoms with E-state index in [1.54, 1.807) is 6.20 Å². The lowest BCUT2D eigenvalue weighted by atomic mass is 10.1. The van der Waals surface area contributed by atoms with Gasteiger partial charge in [-0.2, -0.15) is 0 Å². The number of aromatic nitrogens is 6.